The van der Waals surface area contributed by atoms with Crippen LogP contribution in [0, 0.1) is 23.7 Å². The summed E-state index contributed by atoms with van der Waals surface area (Å²) in [7, 11) is 0. The van der Waals surface area contributed by atoms with Gasteiger partial charge in [0.15, 0.2) is 5.54 Å². The van der Waals surface area contributed by atoms with Gasteiger partial charge in [0.25, 0.3) is 6.02 Å². The quantitative estimate of drug-likeness (QED) is 0.574. The van der Waals surface area contributed by atoms with Crippen molar-refractivity contribution in [3.63, 3.8) is 0 Å². The molecule has 2 aromatic rings. The van der Waals surface area contributed by atoms with Crippen LogP contribution in [0.1, 0.15) is 49.9 Å². The Kier molecular flexibility index (Phi) is 4.74. The van der Waals surface area contributed by atoms with E-state index in [-0.39, 0.29) is 12.6 Å². The first-order valence-electron chi connectivity index (χ1n) is 9.91. The van der Waals surface area contributed by atoms with Gasteiger partial charge in [0.1, 0.15) is 29.3 Å². The molecule has 1 spiro atoms. The van der Waals surface area contributed by atoms with E-state index in [0.29, 0.717) is 22.6 Å². The normalized spacial score (nSPS) is 15.9. The summed E-state index contributed by atoms with van der Waals surface area (Å²) in [6.07, 6.45) is 0. The second-order valence-electron chi connectivity index (χ2n) is 8.74. The topological polar surface area (TPSA) is 97.3 Å². The number of aliphatic imine (C=N–C) groups is 1. The second-order valence-corrected chi connectivity index (χ2v) is 8.74. The SMILES string of the molecule is CC(C)(O)C#Cc1ccc2c(c1)C1(COC(N)=N1)c1cc(C#CC(C)(C)O)ccc1O2. The summed E-state index contributed by atoms with van der Waals surface area (Å²) in [5.74, 6) is 12.9. The number of benzene rings is 2. The number of nitrogens with zero attached hydrogens (tertiary/aromatic N) is 1. The van der Waals surface area contributed by atoms with Crippen molar-refractivity contribution in [2.45, 2.75) is 44.4 Å². The van der Waals surface area contributed by atoms with Gasteiger partial charge in [-0.25, -0.2) is 4.99 Å². The molecule has 0 saturated heterocycles. The number of ether oxygens (including phenoxy) is 2. The van der Waals surface area contributed by atoms with Crippen LogP contribution in [0.2, 0.25) is 0 Å². The van der Waals surface area contributed by atoms with E-state index in [1.165, 1.54) is 0 Å². The summed E-state index contributed by atoms with van der Waals surface area (Å²) in [4.78, 5) is 4.66. The largest absolute Gasteiger partial charge is 0.462 e. The molecule has 6 heteroatoms. The van der Waals surface area contributed by atoms with Gasteiger partial charge in [-0.3, -0.25) is 0 Å². The van der Waals surface area contributed by atoms with Gasteiger partial charge >= 0.3 is 0 Å². The molecule has 0 fully saturated rings. The van der Waals surface area contributed by atoms with Gasteiger partial charge in [-0.2, -0.15) is 0 Å². The maximum Gasteiger partial charge on any atom is 0.283 e. The molecule has 2 aromatic carbocycles. The molecule has 4 rings (SSSR count). The monoisotopic (exact) mass is 416 g/mol. The van der Waals surface area contributed by atoms with Crippen molar-refractivity contribution in [1.82, 2.24) is 0 Å². The molecule has 0 radical (unpaired) electrons. The van der Waals surface area contributed by atoms with Crippen LogP contribution in [0.4, 0.5) is 0 Å². The highest BCUT2D eigenvalue weighted by molar-refractivity contribution is 5.77. The Morgan fingerprint density at radius 1 is 0.903 bits per heavy atom. The van der Waals surface area contributed by atoms with Crippen LogP contribution in [0.3, 0.4) is 0 Å². The van der Waals surface area contributed by atoms with Crippen LogP contribution < -0.4 is 10.5 Å². The maximum atomic E-state index is 9.94. The molecule has 0 aromatic heterocycles. The van der Waals surface area contributed by atoms with Gasteiger partial charge < -0.3 is 25.4 Å². The van der Waals surface area contributed by atoms with E-state index >= 15 is 0 Å². The van der Waals surface area contributed by atoms with Gasteiger partial charge in [0, 0.05) is 22.3 Å². The van der Waals surface area contributed by atoms with Gasteiger partial charge in [-0.15, -0.1) is 0 Å². The van der Waals surface area contributed by atoms with Crippen LogP contribution in [0.5, 0.6) is 11.5 Å². The molecular weight excluding hydrogens is 392 g/mol. The first-order chi connectivity index (χ1) is 14.5. The highest BCUT2D eigenvalue weighted by atomic mass is 16.5. The molecule has 2 heterocycles. The minimum absolute atomic E-state index is 0.0970. The zero-order chi connectivity index (χ0) is 22.4. The molecule has 0 amide bonds. The van der Waals surface area contributed by atoms with Crippen molar-refractivity contribution >= 4 is 6.02 Å². The fourth-order valence-corrected chi connectivity index (χ4v) is 3.46. The van der Waals surface area contributed by atoms with Crippen molar-refractivity contribution in [2.24, 2.45) is 10.7 Å². The minimum Gasteiger partial charge on any atom is -0.462 e. The van der Waals surface area contributed by atoms with Crippen molar-refractivity contribution < 1.29 is 19.7 Å². The van der Waals surface area contributed by atoms with Crippen LogP contribution >= 0.6 is 0 Å². The number of fused-ring (bicyclic) bond motifs is 4. The zero-order valence-corrected chi connectivity index (χ0v) is 17.9. The molecule has 4 N–H and O–H groups in total. The van der Waals surface area contributed by atoms with E-state index in [0.717, 1.165) is 11.1 Å². The summed E-state index contributed by atoms with van der Waals surface area (Å²) < 4.78 is 11.7. The Morgan fingerprint density at radius 3 is 1.77 bits per heavy atom. The fraction of sp³-hybridized carbons (Fsp3) is 0.320. The van der Waals surface area contributed by atoms with E-state index in [1.54, 1.807) is 27.7 Å². The first-order valence-corrected chi connectivity index (χ1v) is 9.91. The Balaban J connectivity index is 1.87. The van der Waals surface area contributed by atoms with Crippen molar-refractivity contribution in [3.05, 3.63) is 58.7 Å². The predicted molar refractivity (Wildman–Crippen MR) is 118 cm³/mol. The van der Waals surface area contributed by atoms with Crippen LogP contribution in [-0.4, -0.2) is 34.0 Å². The smallest absolute Gasteiger partial charge is 0.283 e. The Bertz CT molecular complexity index is 1130. The molecule has 0 saturated carbocycles. The highest BCUT2D eigenvalue weighted by Crippen LogP contribution is 2.51. The number of amidine groups is 1. The molecule has 2 aliphatic heterocycles. The van der Waals surface area contributed by atoms with E-state index in [9.17, 15) is 10.2 Å². The molecule has 0 bridgehead atoms. The highest BCUT2D eigenvalue weighted by Gasteiger charge is 2.47. The molecule has 0 aliphatic carbocycles. The lowest BCUT2D eigenvalue weighted by atomic mass is 9.80. The molecular formula is C25H24N2O4. The fourth-order valence-electron chi connectivity index (χ4n) is 3.46. The molecule has 0 atom stereocenters. The predicted octanol–water partition coefficient (Wildman–Crippen LogP) is 2.63. The molecule has 0 unspecified atom stereocenters. The maximum absolute atomic E-state index is 9.94. The molecule has 2 aliphatic rings. The summed E-state index contributed by atoms with van der Waals surface area (Å²) in [5, 5.41) is 19.9. The number of rotatable bonds is 0. The standard InChI is InChI=1S/C25H24N2O4/c1-23(2,28)11-9-16-5-7-20-18(13-16)25(15-30-22(26)27-25)19-14-17(6-8-21(19)31-20)10-12-24(3,4)29/h5-8,13-14,28-29H,15H2,1-4H3,(H2,26,27). The van der Waals surface area contributed by atoms with E-state index < -0.39 is 16.7 Å². The average Bonchev–Trinajstić information content (AvgIpc) is 3.07. The van der Waals surface area contributed by atoms with Gasteiger partial charge in [0.05, 0.1) is 0 Å². The first kappa shape index (κ1) is 20.8. The lowest BCUT2D eigenvalue weighted by Crippen LogP contribution is -2.31. The third kappa shape index (κ3) is 4.22. The summed E-state index contributed by atoms with van der Waals surface area (Å²) in [6, 6.07) is 11.2. The summed E-state index contributed by atoms with van der Waals surface area (Å²) >= 11 is 0. The molecule has 6 nitrogen and oxygen atoms in total. The van der Waals surface area contributed by atoms with Crippen molar-refractivity contribution in [1.29, 1.82) is 0 Å². The lowest BCUT2D eigenvalue weighted by molar-refractivity contribution is 0.143. The Labute approximate surface area is 181 Å². The van der Waals surface area contributed by atoms with E-state index in [2.05, 4.69) is 28.7 Å². The van der Waals surface area contributed by atoms with Crippen molar-refractivity contribution in [2.75, 3.05) is 6.61 Å². The van der Waals surface area contributed by atoms with Gasteiger partial charge in [-0.05, 0) is 64.1 Å². The van der Waals surface area contributed by atoms with E-state index in [4.69, 9.17) is 15.2 Å². The summed E-state index contributed by atoms with van der Waals surface area (Å²) in [6.45, 7) is 6.74. The molecule has 31 heavy (non-hydrogen) atoms. The van der Waals surface area contributed by atoms with Crippen molar-refractivity contribution in [3.8, 4) is 35.2 Å². The number of nitrogens with two attached hydrogens (primary N) is 1. The lowest BCUT2D eigenvalue weighted by Gasteiger charge is -2.33. The third-order valence-corrected chi connectivity index (χ3v) is 4.83. The van der Waals surface area contributed by atoms with Gasteiger partial charge in [-0.1, -0.05) is 23.7 Å². The van der Waals surface area contributed by atoms with Crippen LogP contribution in [0.25, 0.3) is 0 Å². The third-order valence-electron chi connectivity index (χ3n) is 4.83. The minimum atomic E-state index is -1.11. The van der Waals surface area contributed by atoms with Crippen LogP contribution in [0.15, 0.2) is 41.4 Å². The Hall–Kier alpha value is -3.45. The number of hydrogen-bond donors (Lipinski definition) is 3. The average molecular weight is 416 g/mol. The zero-order valence-electron chi connectivity index (χ0n) is 17.9. The van der Waals surface area contributed by atoms with Crippen LogP contribution in [-0.2, 0) is 10.3 Å². The number of hydrogen-bond acceptors (Lipinski definition) is 6. The Morgan fingerprint density at radius 2 is 1.39 bits per heavy atom. The molecule has 158 valence electrons. The summed E-state index contributed by atoms with van der Waals surface area (Å²) in [5.41, 5.74) is 5.79. The second kappa shape index (κ2) is 7.06. The van der Waals surface area contributed by atoms with Gasteiger partial charge in [0.2, 0.25) is 0 Å². The van der Waals surface area contributed by atoms with E-state index in [1.807, 2.05) is 36.4 Å². The number of aliphatic hydroxyl groups is 2.